The Hall–Kier alpha value is -5.19. The van der Waals surface area contributed by atoms with Crippen LogP contribution in [0.25, 0.3) is 21.8 Å². The van der Waals surface area contributed by atoms with Gasteiger partial charge in [0.1, 0.15) is 17.0 Å². The van der Waals surface area contributed by atoms with Crippen molar-refractivity contribution in [2.75, 3.05) is 19.0 Å². The first-order valence-electron chi connectivity index (χ1n) is 13.3. The molecule has 11 heteroatoms. The molecule has 0 saturated carbocycles. The maximum atomic E-state index is 13.2. The van der Waals surface area contributed by atoms with Crippen LogP contribution < -0.4 is 21.1 Å². The van der Waals surface area contributed by atoms with Crippen LogP contribution in [0.4, 0.5) is 5.95 Å². The van der Waals surface area contributed by atoms with Crippen molar-refractivity contribution in [2.24, 2.45) is 5.73 Å². The summed E-state index contributed by atoms with van der Waals surface area (Å²) in [6, 6.07) is 18.3. The van der Waals surface area contributed by atoms with Crippen molar-refractivity contribution in [2.45, 2.75) is 33.4 Å². The lowest BCUT2D eigenvalue weighted by Gasteiger charge is -2.13. The molecule has 0 aliphatic carbocycles. The van der Waals surface area contributed by atoms with Crippen molar-refractivity contribution in [3.8, 4) is 5.75 Å². The summed E-state index contributed by atoms with van der Waals surface area (Å²) in [5, 5.41) is 12.3. The number of aryl methyl sites for hydroxylation is 3. The maximum absolute atomic E-state index is 13.2. The highest BCUT2D eigenvalue weighted by atomic mass is 16.5. The molecule has 2 heterocycles. The average Bonchev–Trinajstić information content (AvgIpc) is 3.53. The lowest BCUT2D eigenvalue weighted by molar-refractivity contribution is 0.0951. The number of hydrogen-bond donors (Lipinski definition) is 3. The van der Waals surface area contributed by atoms with Gasteiger partial charge in [0.2, 0.25) is 11.9 Å². The van der Waals surface area contributed by atoms with Gasteiger partial charge in [0, 0.05) is 30.8 Å². The Bertz CT molecular complexity index is 1790. The van der Waals surface area contributed by atoms with Gasteiger partial charge in [-0.1, -0.05) is 30.3 Å². The summed E-state index contributed by atoms with van der Waals surface area (Å²) in [6.45, 7) is 5.02. The Morgan fingerprint density at radius 3 is 2.49 bits per heavy atom. The quantitative estimate of drug-likeness (QED) is 0.224. The molecular formula is C30H31N7O4. The first-order valence-corrected chi connectivity index (χ1v) is 13.3. The molecule has 0 unspecified atom stereocenters. The number of fused-ring (bicyclic) bond motifs is 2. The zero-order chi connectivity index (χ0) is 29.1. The molecule has 0 spiro atoms. The van der Waals surface area contributed by atoms with Crippen molar-refractivity contribution < 1.29 is 19.1 Å². The van der Waals surface area contributed by atoms with Gasteiger partial charge < -0.3 is 20.4 Å². The Balaban J connectivity index is 1.39. The van der Waals surface area contributed by atoms with E-state index in [9.17, 15) is 14.4 Å². The molecule has 5 aromatic rings. The summed E-state index contributed by atoms with van der Waals surface area (Å²) in [7, 11) is 1.49. The second-order valence-corrected chi connectivity index (χ2v) is 9.61. The predicted molar refractivity (Wildman–Crippen MR) is 156 cm³/mol. The van der Waals surface area contributed by atoms with Gasteiger partial charge >= 0.3 is 0 Å². The van der Waals surface area contributed by atoms with E-state index in [0.29, 0.717) is 54.1 Å². The van der Waals surface area contributed by atoms with Gasteiger partial charge in [-0.15, -0.1) is 0 Å². The molecule has 0 atom stereocenters. The Labute approximate surface area is 236 Å². The van der Waals surface area contributed by atoms with Gasteiger partial charge in [0.15, 0.2) is 0 Å². The molecular weight excluding hydrogens is 522 g/mol. The van der Waals surface area contributed by atoms with Crippen LogP contribution in [0.15, 0.2) is 60.7 Å². The first-order chi connectivity index (χ1) is 19.8. The lowest BCUT2D eigenvalue weighted by atomic mass is 10.1. The van der Waals surface area contributed by atoms with Gasteiger partial charge in [-0.25, -0.2) is 4.98 Å². The van der Waals surface area contributed by atoms with Crippen molar-refractivity contribution >= 4 is 45.5 Å². The van der Waals surface area contributed by atoms with Crippen LogP contribution in [0, 0.1) is 6.92 Å². The summed E-state index contributed by atoms with van der Waals surface area (Å²) in [5.41, 5.74) is 8.49. The number of primary amides is 1. The summed E-state index contributed by atoms with van der Waals surface area (Å²) >= 11 is 0. The number of hydrogen-bond acceptors (Lipinski definition) is 6. The monoisotopic (exact) mass is 553 g/mol. The van der Waals surface area contributed by atoms with Gasteiger partial charge in [-0.2, -0.15) is 5.10 Å². The van der Waals surface area contributed by atoms with E-state index >= 15 is 0 Å². The van der Waals surface area contributed by atoms with E-state index < -0.39 is 5.91 Å². The van der Waals surface area contributed by atoms with Gasteiger partial charge in [-0.3, -0.25) is 24.4 Å². The number of benzene rings is 3. The van der Waals surface area contributed by atoms with E-state index in [-0.39, 0.29) is 23.3 Å². The number of nitrogens with two attached hydrogens (primary N) is 1. The zero-order valence-corrected chi connectivity index (χ0v) is 23.1. The molecule has 4 N–H and O–H groups in total. The van der Waals surface area contributed by atoms with E-state index in [0.717, 1.165) is 16.5 Å². The van der Waals surface area contributed by atoms with E-state index in [1.165, 1.54) is 7.11 Å². The molecule has 0 saturated heterocycles. The minimum atomic E-state index is -0.621. The first kappa shape index (κ1) is 27.4. The van der Waals surface area contributed by atoms with Crippen molar-refractivity contribution in [1.29, 1.82) is 0 Å². The van der Waals surface area contributed by atoms with Gasteiger partial charge in [-0.05, 0) is 61.4 Å². The molecule has 41 heavy (non-hydrogen) atoms. The van der Waals surface area contributed by atoms with E-state index in [2.05, 4.69) is 20.7 Å². The number of anilines is 1. The Morgan fingerprint density at radius 2 is 1.76 bits per heavy atom. The molecule has 210 valence electrons. The number of rotatable bonds is 10. The largest absolute Gasteiger partial charge is 0.494 e. The number of carbonyl (C=O) groups excluding carboxylic acids is 3. The number of amides is 3. The molecule has 3 aromatic carbocycles. The van der Waals surface area contributed by atoms with Crippen LogP contribution in [0.1, 0.15) is 50.2 Å². The predicted octanol–water partition coefficient (Wildman–Crippen LogP) is 3.89. The van der Waals surface area contributed by atoms with Crippen LogP contribution in [-0.2, 0) is 13.1 Å². The number of ether oxygens (including phenoxy) is 1. The third-order valence-electron chi connectivity index (χ3n) is 6.83. The second-order valence-electron chi connectivity index (χ2n) is 9.61. The summed E-state index contributed by atoms with van der Waals surface area (Å²) in [5.74, 6) is -0.510. The van der Waals surface area contributed by atoms with Crippen LogP contribution in [-0.4, -0.2) is 50.7 Å². The number of methoxy groups -OCH3 is 1. The van der Waals surface area contributed by atoms with Crippen molar-refractivity contribution in [3.63, 3.8) is 0 Å². The number of aromatic nitrogens is 4. The Kier molecular flexibility index (Phi) is 7.68. The smallest absolute Gasteiger partial charge is 0.276 e. The molecule has 3 amide bonds. The number of nitrogens with zero attached hydrogens (tertiary/aromatic N) is 4. The highest BCUT2D eigenvalue weighted by Gasteiger charge is 2.21. The standard InChI is InChI=1S/C30H31N7O4/c1-4-37-24(14-18(2)35-37)29(40)34-30-33-23-16-22(27(31)38)17-25(41-3)26(23)36(30)13-7-12-32-28(39)21-11-10-19-8-5-6-9-20(19)15-21/h5-6,8-11,14-17H,4,7,12-13H2,1-3H3,(H2,31,38)(H,32,39)(H,33,34,40). The molecule has 0 aliphatic rings. The van der Waals surface area contributed by atoms with E-state index in [1.54, 1.807) is 33.5 Å². The fourth-order valence-electron chi connectivity index (χ4n) is 4.85. The molecule has 11 nitrogen and oxygen atoms in total. The van der Waals surface area contributed by atoms with Crippen LogP contribution in [0.5, 0.6) is 5.75 Å². The number of carbonyl (C=O) groups is 3. The highest BCUT2D eigenvalue weighted by molar-refractivity contribution is 6.04. The normalized spacial score (nSPS) is 11.1. The minimum absolute atomic E-state index is 0.174. The SMILES string of the molecule is CCn1nc(C)cc1C(=O)Nc1nc2cc(C(N)=O)cc(OC)c2n1CCCNC(=O)c1ccc2ccccc2c1. The zero-order valence-electron chi connectivity index (χ0n) is 23.1. The fourth-order valence-corrected chi connectivity index (χ4v) is 4.85. The van der Waals surface area contributed by atoms with Crippen LogP contribution in [0.3, 0.4) is 0 Å². The van der Waals surface area contributed by atoms with Crippen LogP contribution in [0.2, 0.25) is 0 Å². The average molecular weight is 554 g/mol. The number of nitrogens with one attached hydrogen (secondary N) is 2. The molecule has 0 aliphatic heterocycles. The van der Waals surface area contributed by atoms with Crippen molar-refractivity contribution in [3.05, 3.63) is 83.2 Å². The summed E-state index contributed by atoms with van der Waals surface area (Å²) in [4.78, 5) is 42.6. The van der Waals surface area contributed by atoms with Crippen LogP contribution >= 0.6 is 0 Å². The van der Waals surface area contributed by atoms with Gasteiger partial charge in [0.05, 0.1) is 18.3 Å². The van der Waals surface area contributed by atoms with E-state index in [1.807, 2.05) is 50.2 Å². The Morgan fingerprint density at radius 1 is 0.976 bits per heavy atom. The highest BCUT2D eigenvalue weighted by Crippen LogP contribution is 2.31. The molecule has 0 bridgehead atoms. The molecule has 5 rings (SSSR count). The maximum Gasteiger partial charge on any atom is 0.276 e. The van der Waals surface area contributed by atoms with Crippen molar-refractivity contribution in [1.82, 2.24) is 24.6 Å². The number of imidazole rings is 1. The third kappa shape index (κ3) is 5.60. The topological polar surface area (TPSA) is 146 Å². The van der Waals surface area contributed by atoms with Gasteiger partial charge in [0.25, 0.3) is 11.8 Å². The molecule has 2 aromatic heterocycles. The second kappa shape index (κ2) is 11.5. The van der Waals surface area contributed by atoms with E-state index in [4.69, 9.17) is 10.5 Å². The minimum Gasteiger partial charge on any atom is -0.494 e. The fraction of sp³-hybridized carbons (Fsp3) is 0.233. The lowest BCUT2D eigenvalue weighted by Crippen LogP contribution is -2.25. The summed E-state index contributed by atoms with van der Waals surface area (Å²) < 4.78 is 9.00. The summed E-state index contributed by atoms with van der Waals surface area (Å²) in [6.07, 6.45) is 0.528. The molecule has 0 fully saturated rings. The third-order valence-corrected chi connectivity index (χ3v) is 6.83. The molecule has 0 radical (unpaired) electrons.